The highest BCUT2D eigenvalue weighted by Crippen LogP contribution is 2.25. The highest BCUT2D eigenvalue weighted by Gasteiger charge is 2.07. The van der Waals surface area contributed by atoms with Crippen LogP contribution in [-0.4, -0.2) is 0 Å². The summed E-state index contributed by atoms with van der Waals surface area (Å²) < 4.78 is 0. The fourth-order valence-corrected chi connectivity index (χ4v) is 1.69. The van der Waals surface area contributed by atoms with Crippen LogP contribution >= 0.6 is 0 Å². The summed E-state index contributed by atoms with van der Waals surface area (Å²) in [6.07, 6.45) is 7.95. The summed E-state index contributed by atoms with van der Waals surface area (Å²) in [7, 11) is 0. The quantitative estimate of drug-likeness (QED) is 0.592. The Hall–Kier alpha value is -1.76. The third kappa shape index (κ3) is 3.13. The second-order valence-corrected chi connectivity index (χ2v) is 3.78. The number of anilines is 1. The van der Waals surface area contributed by atoms with Crippen LogP contribution in [0.25, 0.3) is 0 Å². The van der Waals surface area contributed by atoms with E-state index in [0.29, 0.717) is 5.92 Å². The van der Waals surface area contributed by atoms with Crippen LogP contribution in [0, 0.1) is 0 Å². The SMILES string of the molecule is C=C/C=C\C(=C/C)C(C)c1cccc(N)c1. The van der Waals surface area contributed by atoms with Crippen LogP contribution < -0.4 is 5.73 Å². The molecule has 0 aromatic heterocycles. The molecule has 84 valence electrons. The number of rotatable bonds is 4. The molecule has 0 saturated carbocycles. The molecule has 1 aromatic rings. The molecule has 1 aromatic carbocycles. The molecule has 0 fully saturated rings. The Morgan fingerprint density at radius 2 is 2.19 bits per heavy atom. The maximum Gasteiger partial charge on any atom is 0.0316 e. The Kier molecular flexibility index (Phi) is 4.59. The number of nitrogens with two attached hydrogens (primary N) is 1. The smallest absolute Gasteiger partial charge is 0.0316 e. The first-order chi connectivity index (χ1) is 7.69. The maximum atomic E-state index is 5.78. The molecule has 16 heavy (non-hydrogen) atoms. The van der Waals surface area contributed by atoms with Gasteiger partial charge in [-0.2, -0.15) is 0 Å². The molecule has 1 atom stereocenters. The van der Waals surface area contributed by atoms with Crippen molar-refractivity contribution in [1.82, 2.24) is 0 Å². The lowest BCUT2D eigenvalue weighted by Crippen LogP contribution is -1.97. The lowest BCUT2D eigenvalue weighted by molar-refractivity contribution is 0.919. The van der Waals surface area contributed by atoms with E-state index >= 15 is 0 Å². The summed E-state index contributed by atoms with van der Waals surface area (Å²) in [5, 5.41) is 0. The Morgan fingerprint density at radius 1 is 1.44 bits per heavy atom. The molecule has 1 rings (SSSR count). The number of hydrogen-bond acceptors (Lipinski definition) is 1. The molecule has 1 unspecified atom stereocenters. The molecule has 1 heteroatoms. The summed E-state index contributed by atoms with van der Waals surface area (Å²) in [6, 6.07) is 8.03. The number of nitrogen functional groups attached to an aromatic ring is 1. The van der Waals surface area contributed by atoms with Crippen LogP contribution in [0.2, 0.25) is 0 Å². The standard InChI is InChI=1S/C15H19N/c1-4-6-8-13(5-2)12(3)14-9-7-10-15(16)11-14/h4-12H,1,16H2,2-3H3/b8-6-,13-5+. The molecule has 2 N–H and O–H groups in total. The van der Waals surface area contributed by atoms with Gasteiger partial charge in [-0.1, -0.05) is 49.9 Å². The van der Waals surface area contributed by atoms with Crippen LogP contribution in [-0.2, 0) is 0 Å². The van der Waals surface area contributed by atoms with E-state index in [1.807, 2.05) is 31.2 Å². The van der Waals surface area contributed by atoms with Gasteiger partial charge in [0.1, 0.15) is 0 Å². The van der Waals surface area contributed by atoms with Crippen LogP contribution in [0.1, 0.15) is 25.3 Å². The van der Waals surface area contributed by atoms with E-state index in [-0.39, 0.29) is 0 Å². The summed E-state index contributed by atoms with van der Waals surface area (Å²) in [5.74, 6) is 0.352. The van der Waals surface area contributed by atoms with Gasteiger partial charge in [0.15, 0.2) is 0 Å². The van der Waals surface area contributed by atoms with Gasteiger partial charge in [0.25, 0.3) is 0 Å². The zero-order valence-electron chi connectivity index (χ0n) is 9.98. The molecule has 0 aliphatic rings. The van der Waals surface area contributed by atoms with Gasteiger partial charge in [-0.15, -0.1) is 0 Å². The molecule has 0 aliphatic heterocycles. The zero-order valence-corrected chi connectivity index (χ0v) is 9.98. The van der Waals surface area contributed by atoms with Crippen LogP contribution in [0.5, 0.6) is 0 Å². The van der Waals surface area contributed by atoms with Gasteiger partial charge in [-0.3, -0.25) is 0 Å². The highest BCUT2D eigenvalue weighted by atomic mass is 14.5. The second kappa shape index (κ2) is 5.96. The highest BCUT2D eigenvalue weighted by molar-refractivity contribution is 5.45. The first-order valence-electron chi connectivity index (χ1n) is 5.49. The van der Waals surface area contributed by atoms with Crippen molar-refractivity contribution < 1.29 is 0 Å². The summed E-state index contributed by atoms with van der Waals surface area (Å²) in [4.78, 5) is 0. The van der Waals surface area contributed by atoms with Crippen molar-refractivity contribution in [1.29, 1.82) is 0 Å². The van der Waals surface area contributed by atoms with Gasteiger partial charge >= 0.3 is 0 Å². The molecule has 0 aliphatic carbocycles. The molecule has 0 amide bonds. The molecule has 1 nitrogen and oxygen atoms in total. The van der Waals surface area contributed by atoms with E-state index < -0.39 is 0 Å². The van der Waals surface area contributed by atoms with Gasteiger partial charge in [0, 0.05) is 11.6 Å². The molecule has 0 bridgehead atoms. The topological polar surface area (TPSA) is 26.0 Å². The van der Waals surface area contributed by atoms with Crippen LogP contribution in [0.4, 0.5) is 5.69 Å². The third-order valence-corrected chi connectivity index (χ3v) is 2.67. The Balaban J connectivity index is 2.96. The van der Waals surface area contributed by atoms with E-state index in [4.69, 9.17) is 5.73 Å². The van der Waals surface area contributed by atoms with Crippen molar-refractivity contribution >= 4 is 5.69 Å². The number of benzene rings is 1. The summed E-state index contributed by atoms with van der Waals surface area (Å²) in [5.41, 5.74) is 9.10. The monoisotopic (exact) mass is 213 g/mol. The van der Waals surface area contributed by atoms with Crippen molar-refractivity contribution in [2.24, 2.45) is 0 Å². The predicted octanol–water partition coefficient (Wildman–Crippen LogP) is 4.06. The van der Waals surface area contributed by atoms with E-state index in [2.05, 4.69) is 31.7 Å². The number of allylic oxidation sites excluding steroid dienone is 5. The minimum absolute atomic E-state index is 0.352. The van der Waals surface area contributed by atoms with Crippen molar-refractivity contribution in [2.75, 3.05) is 5.73 Å². The lowest BCUT2D eigenvalue weighted by Gasteiger charge is -2.13. The van der Waals surface area contributed by atoms with Gasteiger partial charge in [-0.05, 0) is 30.2 Å². The molecular formula is C15H19N. The minimum atomic E-state index is 0.352. The van der Waals surface area contributed by atoms with Crippen molar-refractivity contribution in [3.63, 3.8) is 0 Å². The van der Waals surface area contributed by atoms with Crippen molar-refractivity contribution in [2.45, 2.75) is 19.8 Å². The van der Waals surface area contributed by atoms with Gasteiger partial charge in [0.2, 0.25) is 0 Å². The molecular weight excluding hydrogens is 194 g/mol. The Bertz CT molecular complexity index is 413. The van der Waals surface area contributed by atoms with Gasteiger partial charge in [0.05, 0.1) is 0 Å². The zero-order chi connectivity index (χ0) is 12.0. The molecule has 0 saturated heterocycles. The van der Waals surface area contributed by atoms with Crippen LogP contribution in [0.3, 0.4) is 0 Å². The summed E-state index contributed by atoms with van der Waals surface area (Å²) >= 11 is 0. The van der Waals surface area contributed by atoms with E-state index in [1.165, 1.54) is 11.1 Å². The molecule has 0 spiro atoms. The minimum Gasteiger partial charge on any atom is -0.399 e. The normalized spacial score (nSPS) is 14.0. The van der Waals surface area contributed by atoms with Crippen molar-refractivity contribution in [3.8, 4) is 0 Å². The predicted molar refractivity (Wildman–Crippen MR) is 72.4 cm³/mol. The van der Waals surface area contributed by atoms with E-state index in [0.717, 1.165) is 5.69 Å². The second-order valence-electron chi connectivity index (χ2n) is 3.78. The average molecular weight is 213 g/mol. The third-order valence-electron chi connectivity index (χ3n) is 2.67. The average Bonchev–Trinajstić information content (AvgIpc) is 2.29. The first-order valence-corrected chi connectivity index (χ1v) is 5.49. The largest absolute Gasteiger partial charge is 0.399 e. The fourth-order valence-electron chi connectivity index (χ4n) is 1.69. The fraction of sp³-hybridized carbons (Fsp3) is 0.200. The summed E-state index contributed by atoms with van der Waals surface area (Å²) in [6.45, 7) is 7.90. The Labute approximate surface area is 98.0 Å². The van der Waals surface area contributed by atoms with Gasteiger partial charge < -0.3 is 5.73 Å². The van der Waals surface area contributed by atoms with Crippen LogP contribution in [0.15, 0.2) is 60.7 Å². The molecule has 0 radical (unpaired) electrons. The molecule has 0 heterocycles. The Morgan fingerprint density at radius 3 is 2.75 bits per heavy atom. The lowest BCUT2D eigenvalue weighted by atomic mass is 9.92. The van der Waals surface area contributed by atoms with E-state index in [1.54, 1.807) is 6.08 Å². The van der Waals surface area contributed by atoms with E-state index in [9.17, 15) is 0 Å². The van der Waals surface area contributed by atoms with Crippen molar-refractivity contribution in [3.05, 3.63) is 66.3 Å². The van der Waals surface area contributed by atoms with Gasteiger partial charge in [-0.25, -0.2) is 0 Å². The maximum absolute atomic E-state index is 5.78. The first kappa shape index (κ1) is 12.3. The number of hydrogen-bond donors (Lipinski definition) is 1.